The maximum Gasteiger partial charge on any atom is 0.337 e. The number of anilines is 2. The van der Waals surface area contributed by atoms with Gasteiger partial charge in [-0.3, -0.25) is 9.59 Å². The quantitative estimate of drug-likeness (QED) is 0.660. The van der Waals surface area contributed by atoms with Gasteiger partial charge in [0, 0.05) is 11.3 Å². The molecule has 1 aliphatic heterocycles. The van der Waals surface area contributed by atoms with Crippen LogP contribution in [-0.2, 0) is 4.74 Å². The zero-order valence-electron chi connectivity index (χ0n) is 15.4. The number of rotatable bonds is 3. The maximum absolute atomic E-state index is 12.6. The molecule has 1 heterocycles. The molecule has 3 aromatic carbocycles. The number of methoxy groups -OCH3 is 1. The minimum absolute atomic E-state index is 0.306. The summed E-state index contributed by atoms with van der Waals surface area (Å²) in [6.07, 6.45) is 0. The minimum Gasteiger partial charge on any atom is -0.465 e. The molecule has 29 heavy (non-hydrogen) atoms. The average Bonchev–Trinajstić information content (AvgIpc) is 2.89. The Hall–Kier alpha value is -4.13. The van der Waals surface area contributed by atoms with Crippen LogP contribution in [-0.4, -0.2) is 24.9 Å². The van der Waals surface area contributed by atoms with Crippen LogP contribution < -0.4 is 15.4 Å². The SMILES string of the molecule is COC(=O)c1ccc(C(=O)Nc2ccc3c(c2)C(=O)Nc2ccccc2O3)cc1. The van der Waals surface area contributed by atoms with Crippen LogP contribution in [0.15, 0.2) is 66.7 Å². The number of esters is 1. The van der Waals surface area contributed by atoms with Crippen LogP contribution >= 0.6 is 0 Å². The molecule has 0 unspecified atom stereocenters. The molecule has 0 saturated carbocycles. The van der Waals surface area contributed by atoms with Crippen LogP contribution in [0.1, 0.15) is 31.1 Å². The van der Waals surface area contributed by atoms with Gasteiger partial charge in [0.25, 0.3) is 11.8 Å². The number of hydrogen-bond acceptors (Lipinski definition) is 5. The molecular weight excluding hydrogens is 372 g/mol. The number of nitrogens with one attached hydrogen (secondary N) is 2. The summed E-state index contributed by atoms with van der Waals surface area (Å²) in [5, 5.41) is 5.54. The number of fused-ring (bicyclic) bond motifs is 2. The first-order chi connectivity index (χ1) is 14.0. The lowest BCUT2D eigenvalue weighted by Crippen LogP contribution is -2.14. The number of amides is 2. The van der Waals surface area contributed by atoms with Crippen LogP contribution in [0.4, 0.5) is 11.4 Å². The van der Waals surface area contributed by atoms with E-state index in [-0.39, 0.29) is 11.8 Å². The van der Waals surface area contributed by atoms with Crippen molar-refractivity contribution in [1.29, 1.82) is 0 Å². The second kappa shape index (κ2) is 7.47. The number of carbonyl (C=O) groups is 3. The largest absolute Gasteiger partial charge is 0.465 e. The number of carbonyl (C=O) groups excluding carboxylic acids is 3. The highest BCUT2D eigenvalue weighted by Gasteiger charge is 2.21. The van der Waals surface area contributed by atoms with Crippen molar-refractivity contribution in [2.75, 3.05) is 17.7 Å². The zero-order chi connectivity index (χ0) is 20.4. The first-order valence-electron chi connectivity index (χ1n) is 8.77. The topological polar surface area (TPSA) is 93.7 Å². The molecule has 2 N–H and O–H groups in total. The Morgan fingerprint density at radius 1 is 0.931 bits per heavy atom. The Kier molecular flexibility index (Phi) is 4.70. The van der Waals surface area contributed by atoms with Gasteiger partial charge in [-0.05, 0) is 54.6 Å². The first kappa shape index (κ1) is 18.2. The molecule has 0 saturated heterocycles. The van der Waals surface area contributed by atoms with E-state index in [1.807, 2.05) is 6.07 Å². The fourth-order valence-corrected chi connectivity index (χ4v) is 2.92. The summed E-state index contributed by atoms with van der Waals surface area (Å²) in [4.78, 5) is 36.6. The molecule has 0 fully saturated rings. The number of benzene rings is 3. The predicted octanol–water partition coefficient (Wildman–Crippen LogP) is 4.08. The predicted molar refractivity (Wildman–Crippen MR) is 107 cm³/mol. The summed E-state index contributed by atoms with van der Waals surface area (Å²) in [5.74, 6) is -0.243. The Morgan fingerprint density at radius 3 is 2.41 bits per heavy atom. The third kappa shape index (κ3) is 3.66. The van der Waals surface area contributed by atoms with E-state index < -0.39 is 5.97 Å². The van der Waals surface area contributed by atoms with Gasteiger partial charge in [-0.1, -0.05) is 12.1 Å². The van der Waals surface area contributed by atoms with E-state index >= 15 is 0 Å². The van der Waals surface area contributed by atoms with Crippen LogP contribution in [0.25, 0.3) is 0 Å². The highest BCUT2D eigenvalue weighted by atomic mass is 16.5. The third-order valence-corrected chi connectivity index (χ3v) is 4.41. The normalized spacial score (nSPS) is 11.8. The molecule has 0 atom stereocenters. The molecule has 7 heteroatoms. The van der Waals surface area contributed by atoms with Gasteiger partial charge >= 0.3 is 5.97 Å². The van der Waals surface area contributed by atoms with Crippen molar-refractivity contribution in [3.8, 4) is 11.5 Å². The van der Waals surface area contributed by atoms with Gasteiger partial charge in [0.15, 0.2) is 5.75 Å². The summed E-state index contributed by atoms with van der Waals surface area (Å²) in [6.45, 7) is 0. The number of para-hydroxylation sites is 2. The standard InChI is InChI=1S/C22H16N2O5/c1-28-22(27)14-8-6-13(7-9-14)20(25)23-15-10-11-18-16(12-15)21(26)24-17-4-2-3-5-19(17)29-18/h2-12H,1H3,(H,23,25)(H,24,26). The van der Waals surface area contributed by atoms with E-state index in [9.17, 15) is 14.4 Å². The van der Waals surface area contributed by atoms with Crippen LogP contribution in [0.3, 0.4) is 0 Å². The Labute approximate surface area is 166 Å². The summed E-state index contributed by atoms with van der Waals surface area (Å²) in [6, 6.07) is 18.0. The van der Waals surface area contributed by atoms with Crippen molar-refractivity contribution in [3.05, 3.63) is 83.4 Å². The lowest BCUT2D eigenvalue weighted by atomic mass is 10.1. The molecule has 0 aliphatic carbocycles. The van der Waals surface area contributed by atoms with Crippen molar-refractivity contribution in [2.45, 2.75) is 0 Å². The molecule has 0 aromatic heterocycles. The molecule has 0 spiro atoms. The van der Waals surface area contributed by atoms with Gasteiger partial charge < -0.3 is 20.1 Å². The molecule has 0 radical (unpaired) electrons. The fraction of sp³-hybridized carbons (Fsp3) is 0.0455. The summed E-state index contributed by atoms with van der Waals surface area (Å²) < 4.78 is 10.5. The van der Waals surface area contributed by atoms with Gasteiger partial charge in [0.05, 0.1) is 23.9 Å². The smallest absolute Gasteiger partial charge is 0.337 e. The van der Waals surface area contributed by atoms with E-state index in [1.165, 1.54) is 31.4 Å². The third-order valence-electron chi connectivity index (χ3n) is 4.41. The molecular formula is C22H16N2O5. The van der Waals surface area contributed by atoms with Gasteiger partial charge in [-0.2, -0.15) is 0 Å². The average molecular weight is 388 g/mol. The molecule has 2 amide bonds. The lowest BCUT2D eigenvalue weighted by molar-refractivity contribution is 0.0600. The Bertz CT molecular complexity index is 1120. The van der Waals surface area contributed by atoms with Crippen molar-refractivity contribution in [1.82, 2.24) is 0 Å². The fourth-order valence-electron chi connectivity index (χ4n) is 2.92. The summed E-state index contributed by atoms with van der Waals surface area (Å²) in [7, 11) is 1.29. The molecule has 7 nitrogen and oxygen atoms in total. The number of ether oxygens (including phenoxy) is 2. The van der Waals surface area contributed by atoms with Gasteiger partial charge in [0.2, 0.25) is 0 Å². The first-order valence-corrected chi connectivity index (χ1v) is 8.77. The summed E-state index contributed by atoms with van der Waals surface area (Å²) in [5.41, 5.74) is 2.03. The van der Waals surface area contributed by atoms with E-state index in [4.69, 9.17) is 4.74 Å². The van der Waals surface area contributed by atoms with Gasteiger partial charge in [-0.15, -0.1) is 0 Å². The van der Waals surface area contributed by atoms with Crippen LogP contribution in [0.5, 0.6) is 11.5 Å². The van der Waals surface area contributed by atoms with Crippen molar-refractivity contribution < 1.29 is 23.9 Å². The second-order valence-corrected chi connectivity index (χ2v) is 6.29. The Balaban J connectivity index is 1.55. The zero-order valence-corrected chi connectivity index (χ0v) is 15.4. The second-order valence-electron chi connectivity index (χ2n) is 6.29. The molecule has 0 bridgehead atoms. The van der Waals surface area contributed by atoms with E-state index in [1.54, 1.807) is 36.4 Å². The van der Waals surface area contributed by atoms with Crippen LogP contribution in [0, 0.1) is 0 Å². The summed E-state index contributed by atoms with van der Waals surface area (Å²) >= 11 is 0. The minimum atomic E-state index is -0.477. The van der Waals surface area contributed by atoms with Crippen LogP contribution in [0.2, 0.25) is 0 Å². The van der Waals surface area contributed by atoms with Gasteiger partial charge in [-0.25, -0.2) is 4.79 Å². The Morgan fingerprint density at radius 2 is 1.66 bits per heavy atom. The van der Waals surface area contributed by atoms with Crippen molar-refractivity contribution in [3.63, 3.8) is 0 Å². The van der Waals surface area contributed by atoms with E-state index in [0.717, 1.165) is 0 Å². The monoisotopic (exact) mass is 388 g/mol. The lowest BCUT2D eigenvalue weighted by Gasteiger charge is -2.10. The maximum atomic E-state index is 12.6. The van der Waals surface area contributed by atoms with E-state index in [2.05, 4.69) is 15.4 Å². The molecule has 1 aliphatic rings. The van der Waals surface area contributed by atoms with Gasteiger partial charge in [0.1, 0.15) is 5.75 Å². The number of hydrogen-bond donors (Lipinski definition) is 2. The van der Waals surface area contributed by atoms with Crippen molar-refractivity contribution in [2.24, 2.45) is 0 Å². The molecule has 4 rings (SSSR count). The van der Waals surface area contributed by atoms with Crippen molar-refractivity contribution >= 4 is 29.2 Å². The highest BCUT2D eigenvalue weighted by Crippen LogP contribution is 2.36. The highest BCUT2D eigenvalue weighted by molar-refractivity contribution is 6.10. The molecule has 3 aromatic rings. The van der Waals surface area contributed by atoms with E-state index in [0.29, 0.717) is 39.6 Å². The molecule has 144 valence electrons.